The minimum Gasteiger partial charge on any atom is -0.473 e. The van der Waals surface area contributed by atoms with Gasteiger partial charge in [0.25, 0.3) is 0 Å². The highest BCUT2D eigenvalue weighted by Crippen LogP contribution is 2.52. The highest BCUT2D eigenvalue weighted by atomic mass is 32.2. The van der Waals surface area contributed by atoms with Crippen molar-refractivity contribution in [1.29, 1.82) is 0 Å². The van der Waals surface area contributed by atoms with E-state index in [9.17, 15) is 8.42 Å². The Labute approximate surface area is 204 Å². The fraction of sp³-hybridized carbons (Fsp3) is 0.423. The molecule has 0 radical (unpaired) electrons. The van der Waals surface area contributed by atoms with E-state index < -0.39 is 10.0 Å². The van der Waals surface area contributed by atoms with E-state index in [1.807, 2.05) is 19.1 Å². The molecule has 35 heavy (non-hydrogen) atoms. The summed E-state index contributed by atoms with van der Waals surface area (Å²) < 4.78 is 29.5. The molecular weight excluding hydrogens is 462 g/mol. The number of sulfonamides is 1. The van der Waals surface area contributed by atoms with E-state index in [2.05, 4.69) is 22.1 Å². The van der Waals surface area contributed by atoms with Crippen molar-refractivity contribution in [3.63, 3.8) is 0 Å². The van der Waals surface area contributed by atoms with Gasteiger partial charge in [0.1, 0.15) is 11.8 Å². The first kappa shape index (κ1) is 22.3. The van der Waals surface area contributed by atoms with Gasteiger partial charge in [0.15, 0.2) is 5.52 Å². The van der Waals surface area contributed by atoms with Crippen LogP contribution in [0, 0.1) is 29.6 Å². The maximum absolute atomic E-state index is 11.5. The van der Waals surface area contributed by atoms with Gasteiger partial charge in [-0.3, -0.25) is 0 Å². The molecule has 3 saturated carbocycles. The Balaban J connectivity index is 1.29. The molecule has 9 heteroatoms. The van der Waals surface area contributed by atoms with Crippen molar-refractivity contribution in [1.82, 2.24) is 15.0 Å². The third-order valence-electron chi connectivity index (χ3n) is 7.02. The number of hydrogen-bond donors (Lipinski definition) is 2. The molecule has 3 aliphatic carbocycles. The predicted octanol–water partition coefficient (Wildman–Crippen LogP) is 3.78. The largest absolute Gasteiger partial charge is 0.473 e. The van der Waals surface area contributed by atoms with Crippen LogP contribution in [0.2, 0.25) is 0 Å². The van der Waals surface area contributed by atoms with Crippen molar-refractivity contribution >= 4 is 27.0 Å². The van der Waals surface area contributed by atoms with Gasteiger partial charge in [-0.15, -0.1) is 0 Å². The average Bonchev–Trinajstić information content (AvgIpc) is 3.76. The van der Waals surface area contributed by atoms with Crippen LogP contribution in [0.25, 0.3) is 11.0 Å². The van der Waals surface area contributed by atoms with Crippen molar-refractivity contribution in [2.75, 3.05) is 5.32 Å². The maximum atomic E-state index is 11.5. The van der Waals surface area contributed by atoms with Gasteiger partial charge in [-0.25, -0.2) is 23.5 Å². The van der Waals surface area contributed by atoms with Crippen molar-refractivity contribution in [3.05, 3.63) is 47.7 Å². The number of anilines is 1. The number of nitrogens with two attached hydrogens (primary N) is 1. The molecule has 180 valence electrons. The summed E-state index contributed by atoms with van der Waals surface area (Å²) in [7, 11) is -3.73. The van der Waals surface area contributed by atoms with Crippen molar-refractivity contribution in [2.45, 2.75) is 56.1 Å². The van der Waals surface area contributed by atoms with Crippen LogP contribution in [0.15, 0.2) is 41.3 Å². The predicted molar refractivity (Wildman–Crippen MR) is 132 cm³/mol. The smallest absolute Gasteiger partial charge is 0.245 e. The molecule has 0 bridgehead atoms. The Morgan fingerprint density at radius 1 is 1.03 bits per heavy atom. The number of rotatable bonds is 6. The Kier molecular flexibility index (Phi) is 5.38. The molecular formula is C26H27N5O3S. The Bertz CT molecular complexity index is 1450. The molecule has 0 aliphatic heterocycles. The SMILES string of the molecule is C[C@@H](Nc1nc(O[C@@H]2C[C@@H]3C[C@@H]3C2)c2nc(C#CC3CC3)ccc2n1)c1ccc(S(N)(=O)=O)cc1. The molecule has 3 aromatic rings. The molecule has 0 amide bonds. The van der Waals surface area contributed by atoms with Crippen LogP contribution in [0.1, 0.15) is 56.3 Å². The Morgan fingerprint density at radius 3 is 2.46 bits per heavy atom. The third-order valence-corrected chi connectivity index (χ3v) is 7.95. The zero-order valence-corrected chi connectivity index (χ0v) is 20.3. The molecule has 4 atom stereocenters. The van der Waals surface area contributed by atoms with Gasteiger partial charge < -0.3 is 10.1 Å². The number of nitrogens with one attached hydrogen (secondary N) is 1. The number of nitrogens with zero attached hydrogens (tertiary/aromatic N) is 3. The van der Waals surface area contributed by atoms with E-state index in [1.165, 1.54) is 31.4 Å². The van der Waals surface area contributed by atoms with E-state index in [0.717, 1.165) is 30.2 Å². The van der Waals surface area contributed by atoms with Crippen molar-refractivity contribution in [3.8, 4) is 17.7 Å². The zero-order chi connectivity index (χ0) is 24.2. The first-order chi connectivity index (χ1) is 16.8. The molecule has 2 heterocycles. The minimum atomic E-state index is -3.73. The second kappa shape index (κ2) is 8.47. The summed E-state index contributed by atoms with van der Waals surface area (Å²) in [6.45, 7) is 1.96. The number of pyridine rings is 1. The van der Waals surface area contributed by atoms with Gasteiger partial charge in [-0.1, -0.05) is 18.1 Å². The second-order valence-corrected chi connectivity index (χ2v) is 11.5. The van der Waals surface area contributed by atoms with Gasteiger partial charge >= 0.3 is 0 Å². The average molecular weight is 490 g/mol. The quantitative estimate of drug-likeness (QED) is 0.506. The van der Waals surface area contributed by atoms with Crippen LogP contribution in [-0.2, 0) is 10.0 Å². The summed E-state index contributed by atoms with van der Waals surface area (Å²) in [6, 6.07) is 10.1. The monoisotopic (exact) mass is 489 g/mol. The molecule has 1 aromatic carbocycles. The Hall–Kier alpha value is -3.22. The fourth-order valence-electron chi connectivity index (χ4n) is 4.74. The first-order valence-electron chi connectivity index (χ1n) is 12.1. The number of ether oxygens (including phenoxy) is 1. The summed E-state index contributed by atoms with van der Waals surface area (Å²) in [6.07, 6.45) is 5.92. The highest BCUT2D eigenvalue weighted by molar-refractivity contribution is 7.89. The molecule has 8 nitrogen and oxygen atoms in total. The van der Waals surface area contributed by atoms with Crippen molar-refractivity contribution < 1.29 is 13.2 Å². The summed E-state index contributed by atoms with van der Waals surface area (Å²) in [5.74, 6) is 9.42. The van der Waals surface area contributed by atoms with E-state index in [-0.39, 0.29) is 17.0 Å². The van der Waals surface area contributed by atoms with Crippen LogP contribution in [0.3, 0.4) is 0 Å². The molecule has 2 aromatic heterocycles. The normalized spacial score (nSPS) is 23.8. The lowest BCUT2D eigenvalue weighted by Gasteiger charge is -2.18. The summed E-state index contributed by atoms with van der Waals surface area (Å²) in [5, 5.41) is 8.53. The summed E-state index contributed by atoms with van der Waals surface area (Å²) in [4.78, 5) is 14.2. The standard InChI is InChI=1S/C26H27N5O3S/c1-15(17-5-9-22(10-6-17)35(27,32)33)28-26-30-23-11-8-20(7-4-16-2-3-16)29-24(23)25(31-26)34-21-13-18-12-19(18)14-21/h5-6,8-11,15-16,18-19,21H,2-3,12-14H2,1H3,(H2,27,32,33)(H,28,30,31)/t15-,18-,19+,21+/m1/s1. The molecule has 6 rings (SSSR count). The maximum Gasteiger partial charge on any atom is 0.245 e. The summed E-state index contributed by atoms with van der Waals surface area (Å²) >= 11 is 0. The van der Waals surface area contributed by atoms with Crippen LogP contribution >= 0.6 is 0 Å². The summed E-state index contributed by atoms with van der Waals surface area (Å²) in [5.41, 5.74) is 2.90. The van der Waals surface area contributed by atoms with Gasteiger partial charge in [0.05, 0.1) is 16.5 Å². The number of aromatic nitrogens is 3. The fourth-order valence-corrected chi connectivity index (χ4v) is 5.26. The van der Waals surface area contributed by atoms with Gasteiger partial charge in [0.2, 0.25) is 21.9 Å². The van der Waals surface area contributed by atoms with Crippen LogP contribution in [0.4, 0.5) is 5.95 Å². The number of primary sulfonamides is 1. The van der Waals surface area contributed by atoms with E-state index in [0.29, 0.717) is 34.5 Å². The lowest BCUT2D eigenvalue weighted by molar-refractivity contribution is 0.189. The zero-order valence-electron chi connectivity index (χ0n) is 19.4. The molecule has 0 unspecified atom stereocenters. The number of fused-ring (bicyclic) bond motifs is 2. The molecule has 3 N–H and O–H groups in total. The molecule has 0 saturated heterocycles. The number of benzene rings is 1. The van der Waals surface area contributed by atoms with E-state index in [4.69, 9.17) is 19.8 Å². The van der Waals surface area contributed by atoms with Crippen LogP contribution < -0.4 is 15.2 Å². The lowest BCUT2D eigenvalue weighted by atomic mass is 10.1. The molecule has 0 spiro atoms. The third kappa shape index (κ3) is 4.95. The molecule has 3 aliphatic rings. The van der Waals surface area contributed by atoms with E-state index in [1.54, 1.807) is 12.1 Å². The van der Waals surface area contributed by atoms with Gasteiger partial charge in [-0.05, 0) is 86.6 Å². The number of hydrogen-bond acceptors (Lipinski definition) is 7. The lowest BCUT2D eigenvalue weighted by Crippen LogP contribution is -2.17. The molecule has 3 fully saturated rings. The highest BCUT2D eigenvalue weighted by Gasteiger charge is 2.47. The van der Waals surface area contributed by atoms with Gasteiger partial charge in [-0.2, -0.15) is 4.98 Å². The Morgan fingerprint density at radius 2 is 1.77 bits per heavy atom. The second-order valence-electron chi connectivity index (χ2n) is 9.91. The minimum absolute atomic E-state index is 0.0763. The van der Waals surface area contributed by atoms with E-state index >= 15 is 0 Å². The van der Waals surface area contributed by atoms with Crippen molar-refractivity contribution in [2.24, 2.45) is 22.9 Å². The van der Waals surface area contributed by atoms with Crippen LogP contribution in [0.5, 0.6) is 5.88 Å². The van der Waals surface area contributed by atoms with Gasteiger partial charge in [0, 0.05) is 5.92 Å². The first-order valence-corrected chi connectivity index (χ1v) is 13.6. The topological polar surface area (TPSA) is 120 Å². The van der Waals surface area contributed by atoms with Crippen LogP contribution in [-0.4, -0.2) is 29.5 Å².